The molecule has 2 fully saturated rings. The predicted octanol–water partition coefficient (Wildman–Crippen LogP) is 2.24. The zero-order valence-electron chi connectivity index (χ0n) is 19.0. The van der Waals surface area contributed by atoms with Crippen LogP contribution in [0.4, 0.5) is 5.69 Å². The van der Waals surface area contributed by atoms with E-state index in [2.05, 4.69) is 44.3 Å². The highest BCUT2D eigenvalue weighted by molar-refractivity contribution is 6.33. The molecular weight excluding hydrogens is 438 g/mol. The summed E-state index contributed by atoms with van der Waals surface area (Å²) in [7, 11) is 0. The Hall–Kier alpha value is -2.45. The summed E-state index contributed by atoms with van der Waals surface area (Å²) in [4.78, 5) is 33.9. The maximum atomic E-state index is 12.8. The summed E-state index contributed by atoms with van der Waals surface area (Å²) >= 11 is 6.11. The smallest absolute Gasteiger partial charge is 0.238 e. The van der Waals surface area contributed by atoms with Crippen molar-refractivity contribution in [3.05, 3.63) is 65.2 Å². The SMILES string of the molecule is O=C(CN1CCN(C(=O)CN2CCN(Cc3ccccc3)CC2)CC1)Nc1ccccc1Cl. The molecule has 0 unspecified atom stereocenters. The van der Waals surface area contributed by atoms with Crippen molar-refractivity contribution in [1.29, 1.82) is 0 Å². The normalized spacial score (nSPS) is 18.3. The molecule has 0 bridgehead atoms. The van der Waals surface area contributed by atoms with Crippen molar-refractivity contribution >= 4 is 29.1 Å². The molecule has 0 aliphatic carbocycles. The molecule has 176 valence electrons. The fourth-order valence-electron chi connectivity index (χ4n) is 4.35. The first-order chi connectivity index (χ1) is 16.1. The van der Waals surface area contributed by atoms with E-state index in [1.54, 1.807) is 12.1 Å². The standard InChI is InChI=1S/C25H32ClN5O2/c26-22-8-4-5-9-23(22)27-24(32)19-29-14-16-31(17-15-29)25(33)20-30-12-10-28(11-13-30)18-21-6-2-1-3-7-21/h1-9H,10-20H2,(H,27,32). The van der Waals surface area contributed by atoms with Gasteiger partial charge in [0.1, 0.15) is 0 Å². The molecule has 0 aromatic heterocycles. The van der Waals surface area contributed by atoms with Crippen molar-refractivity contribution in [2.24, 2.45) is 0 Å². The lowest BCUT2D eigenvalue weighted by atomic mass is 10.2. The van der Waals surface area contributed by atoms with Crippen molar-refractivity contribution in [2.75, 3.05) is 70.8 Å². The average Bonchev–Trinajstić information content (AvgIpc) is 2.83. The Morgan fingerprint density at radius 2 is 1.30 bits per heavy atom. The fourth-order valence-corrected chi connectivity index (χ4v) is 4.53. The number of carbonyl (C=O) groups excluding carboxylic acids is 2. The molecule has 2 aromatic carbocycles. The monoisotopic (exact) mass is 469 g/mol. The summed E-state index contributed by atoms with van der Waals surface area (Å²) in [5, 5.41) is 3.39. The van der Waals surface area contributed by atoms with E-state index in [0.29, 0.717) is 50.0 Å². The van der Waals surface area contributed by atoms with Crippen molar-refractivity contribution in [1.82, 2.24) is 19.6 Å². The van der Waals surface area contributed by atoms with Crippen LogP contribution in [0.1, 0.15) is 5.56 Å². The van der Waals surface area contributed by atoms with E-state index in [4.69, 9.17) is 11.6 Å². The second-order valence-electron chi connectivity index (χ2n) is 8.72. The van der Waals surface area contributed by atoms with Crippen molar-refractivity contribution in [3.8, 4) is 0 Å². The van der Waals surface area contributed by atoms with E-state index >= 15 is 0 Å². The number of anilines is 1. The van der Waals surface area contributed by atoms with Crippen LogP contribution in [0.15, 0.2) is 54.6 Å². The van der Waals surface area contributed by atoms with Crippen LogP contribution in [-0.2, 0) is 16.1 Å². The van der Waals surface area contributed by atoms with Gasteiger partial charge < -0.3 is 10.2 Å². The molecule has 33 heavy (non-hydrogen) atoms. The molecule has 0 atom stereocenters. The number of hydrogen-bond acceptors (Lipinski definition) is 5. The van der Waals surface area contributed by atoms with E-state index < -0.39 is 0 Å². The molecule has 0 saturated carbocycles. The van der Waals surface area contributed by atoms with Crippen LogP contribution >= 0.6 is 11.6 Å². The summed E-state index contributed by atoms with van der Waals surface area (Å²) < 4.78 is 0. The molecule has 2 amide bonds. The number of para-hydroxylation sites is 1. The summed E-state index contributed by atoms with van der Waals surface area (Å²) in [5.74, 6) is 0.0999. The van der Waals surface area contributed by atoms with Gasteiger partial charge in [-0.1, -0.05) is 54.1 Å². The van der Waals surface area contributed by atoms with E-state index in [1.165, 1.54) is 5.56 Å². The number of carbonyl (C=O) groups is 2. The Morgan fingerprint density at radius 1 is 0.727 bits per heavy atom. The summed E-state index contributed by atoms with van der Waals surface area (Å²) in [6.45, 7) is 8.27. The highest BCUT2D eigenvalue weighted by Crippen LogP contribution is 2.20. The Kier molecular flexibility index (Phi) is 8.34. The van der Waals surface area contributed by atoms with Crippen LogP contribution in [0.3, 0.4) is 0 Å². The maximum absolute atomic E-state index is 12.8. The Balaban J connectivity index is 1.14. The van der Waals surface area contributed by atoms with Gasteiger partial charge in [-0.05, 0) is 17.7 Å². The average molecular weight is 470 g/mol. The number of piperazine rings is 2. The third-order valence-electron chi connectivity index (χ3n) is 6.31. The molecule has 2 aliphatic rings. The first-order valence-corrected chi connectivity index (χ1v) is 12.0. The van der Waals surface area contributed by atoms with Gasteiger partial charge in [0, 0.05) is 58.9 Å². The molecule has 4 rings (SSSR count). The number of benzene rings is 2. The third kappa shape index (κ3) is 7.01. The zero-order valence-corrected chi connectivity index (χ0v) is 19.7. The van der Waals surface area contributed by atoms with Gasteiger partial charge in [-0.25, -0.2) is 0 Å². The Labute approximate surface area is 200 Å². The number of nitrogens with one attached hydrogen (secondary N) is 1. The molecule has 2 saturated heterocycles. The maximum Gasteiger partial charge on any atom is 0.238 e. The van der Waals surface area contributed by atoms with Gasteiger partial charge >= 0.3 is 0 Å². The molecule has 7 nitrogen and oxygen atoms in total. The quantitative estimate of drug-likeness (QED) is 0.674. The van der Waals surface area contributed by atoms with Crippen molar-refractivity contribution in [3.63, 3.8) is 0 Å². The highest BCUT2D eigenvalue weighted by Gasteiger charge is 2.25. The second kappa shape index (κ2) is 11.6. The topological polar surface area (TPSA) is 59.1 Å². The molecular formula is C25H32ClN5O2. The molecule has 2 aliphatic heterocycles. The van der Waals surface area contributed by atoms with E-state index in [9.17, 15) is 9.59 Å². The van der Waals surface area contributed by atoms with Gasteiger partial charge in [-0.2, -0.15) is 0 Å². The van der Waals surface area contributed by atoms with Gasteiger partial charge in [0.25, 0.3) is 0 Å². The number of halogens is 1. The molecule has 2 heterocycles. The second-order valence-corrected chi connectivity index (χ2v) is 9.13. The predicted molar refractivity (Wildman–Crippen MR) is 131 cm³/mol. The number of rotatable bonds is 7. The molecule has 1 N–H and O–H groups in total. The van der Waals surface area contributed by atoms with Gasteiger partial charge in [0.05, 0.1) is 23.8 Å². The highest BCUT2D eigenvalue weighted by atomic mass is 35.5. The van der Waals surface area contributed by atoms with Crippen molar-refractivity contribution in [2.45, 2.75) is 6.54 Å². The number of nitrogens with zero attached hydrogens (tertiary/aromatic N) is 4. The minimum Gasteiger partial charge on any atom is -0.339 e. The summed E-state index contributed by atoms with van der Waals surface area (Å²) in [5.41, 5.74) is 1.96. The lowest BCUT2D eigenvalue weighted by Gasteiger charge is -2.37. The number of amides is 2. The van der Waals surface area contributed by atoms with E-state index in [0.717, 1.165) is 32.7 Å². The minimum atomic E-state index is -0.0868. The minimum absolute atomic E-state index is 0.0868. The number of hydrogen-bond donors (Lipinski definition) is 1. The van der Waals surface area contributed by atoms with E-state index in [-0.39, 0.29) is 11.8 Å². The van der Waals surface area contributed by atoms with Gasteiger partial charge in [0.2, 0.25) is 11.8 Å². The fraction of sp³-hybridized carbons (Fsp3) is 0.440. The molecule has 0 spiro atoms. The zero-order chi connectivity index (χ0) is 23.0. The molecule has 0 radical (unpaired) electrons. The van der Waals surface area contributed by atoms with Gasteiger partial charge in [-0.3, -0.25) is 24.3 Å². The van der Waals surface area contributed by atoms with Crippen LogP contribution in [0.5, 0.6) is 0 Å². The van der Waals surface area contributed by atoms with Gasteiger partial charge in [-0.15, -0.1) is 0 Å². The lowest BCUT2D eigenvalue weighted by molar-refractivity contribution is -0.134. The largest absolute Gasteiger partial charge is 0.339 e. The first kappa shape index (κ1) is 23.7. The Bertz CT molecular complexity index is 925. The van der Waals surface area contributed by atoms with Crippen LogP contribution in [0.25, 0.3) is 0 Å². The van der Waals surface area contributed by atoms with Crippen molar-refractivity contribution < 1.29 is 9.59 Å². The van der Waals surface area contributed by atoms with Gasteiger partial charge in [0.15, 0.2) is 0 Å². The van der Waals surface area contributed by atoms with Crippen LogP contribution < -0.4 is 5.32 Å². The van der Waals surface area contributed by atoms with E-state index in [1.807, 2.05) is 23.1 Å². The van der Waals surface area contributed by atoms with Crippen LogP contribution in [0.2, 0.25) is 5.02 Å². The third-order valence-corrected chi connectivity index (χ3v) is 6.64. The molecule has 2 aromatic rings. The first-order valence-electron chi connectivity index (χ1n) is 11.6. The summed E-state index contributed by atoms with van der Waals surface area (Å²) in [6, 6.07) is 17.7. The summed E-state index contributed by atoms with van der Waals surface area (Å²) in [6.07, 6.45) is 0. The lowest BCUT2D eigenvalue weighted by Crippen LogP contribution is -2.54. The van der Waals surface area contributed by atoms with Crippen LogP contribution in [0, 0.1) is 0 Å². The molecule has 8 heteroatoms. The van der Waals surface area contributed by atoms with Crippen LogP contribution in [-0.4, -0.2) is 96.9 Å². The Morgan fingerprint density at radius 3 is 2.00 bits per heavy atom.